The molecule has 1 aliphatic rings. The van der Waals surface area contributed by atoms with Crippen molar-refractivity contribution in [2.75, 3.05) is 13.1 Å². The normalized spacial score (nSPS) is 16.5. The number of carbonyl (C=O) groups is 1. The van der Waals surface area contributed by atoms with E-state index < -0.39 is 5.97 Å². The van der Waals surface area contributed by atoms with Crippen molar-refractivity contribution in [2.24, 2.45) is 0 Å². The molecule has 0 atom stereocenters. The lowest BCUT2D eigenvalue weighted by atomic mass is 10.00. The standard InChI is InChI=1S/C15H20ClNO2/c1-2-11-8-12(15(18)19)9-14(16)13(11)10-17-6-4-3-5-7-17/h8-9H,2-7,10H2,1H3,(H,18,19). The first-order valence-electron chi connectivity index (χ1n) is 6.88. The van der Waals surface area contributed by atoms with Gasteiger partial charge in [-0.15, -0.1) is 0 Å². The van der Waals surface area contributed by atoms with Crippen molar-refractivity contribution in [3.05, 3.63) is 33.8 Å². The van der Waals surface area contributed by atoms with Crippen LogP contribution in [0.2, 0.25) is 5.02 Å². The molecule has 0 bridgehead atoms. The Bertz CT molecular complexity index is 467. The predicted molar refractivity (Wildman–Crippen MR) is 76.9 cm³/mol. The average molecular weight is 282 g/mol. The summed E-state index contributed by atoms with van der Waals surface area (Å²) in [6.07, 6.45) is 4.60. The van der Waals surface area contributed by atoms with Gasteiger partial charge in [0.25, 0.3) is 0 Å². The van der Waals surface area contributed by atoms with Crippen molar-refractivity contribution >= 4 is 17.6 Å². The summed E-state index contributed by atoms with van der Waals surface area (Å²) in [4.78, 5) is 13.5. The van der Waals surface area contributed by atoms with Crippen LogP contribution in [0, 0.1) is 0 Å². The molecule has 1 N–H and O–H groups in total. The van der Waals surface area contributed by atoms with E-state index >= 15 is 0 Å². The summed E-state index contributed by atoms with van der Waals surface area (Å²) < 4.78 is 0. The highest BCUT2D eigenvalue weighted by atomic mass is 35.5. The van der Waals surface area contributed by atoms with Crippen LogP contribution >= 0.6 is 11.6 Å². The van der Waals surface area contributed by atoms with Gasteiger partial charge < -0.3 is 5.11 Å². The molecule has 0 unspecified atom stereocenters. The van der Waals surface area contributed by atoms with Crippen molar-refractivity contribution in [1.82, 2.24) is 4.90 Å². The van der Waals surface area contributed by atoms with Crippen molar-refractivity contribution in [3.8, 4) is 0 Å². The van der Waals surface area contributed by atoms with E-state index in [-0.39, 0.29) is 5.56 Å². The Labute approximate surface area is 119 Å². The van der Waals surface area contributed by atoms with E-state index in [9.17, 15) is 4.79 Å². The van der Waals surface area contributed by atoms with Crippen molar-refractivity contribution < 1.29 is 9.90 Å². The third-order valence-corrected chi connectivity index (χ3v) is 4.08. The molecule has 1 heterocycles. The van der Waals surface area contributed by atoms with E-state index in [0.717, 1.165) is 37.2 Å². The van der Waals surface area contributed by atoms with E-state index in [1.807, 2.05) is 6.92 Å². The Balaban J connectivity index is 2.25. The number of hydrogen-bond donors (Lipinski definition) is 1. The number of piperidine rings is 1. The molecule has 0 aromatic heterocycles. The molecule has 19 heavy (non-hydrogen) atoms. The van der Waals surface area contributed by atoms with Crippen LogP contribution in [0.1, 0.15) is 47.7 Å². The summed E-state index contributed by atoms with van der Waals surface area (Å²) in [5.41, 5.74) is 2.43. The van der Waals surface area contributed by atoms with E-state index in [1.165, 1.54) is 19.3 Å². The molecule has 4 heteroatoms. The lowest BCUT2D eigenvalue weighted by Gasteiger charge is -2.27. The molecular formula is C15H20ClNO2. The number of aromatic carboxylic acids is 1. The first-order chi connectivity index (χ1) is 9.11. The monoisotopic (exact) mass is 281 g/mol. The van der Waals surface area contributed by atoms with E-state index in [0.29, 0.717) is 5.02 Å². The minimum Gasteiger partial charge on any atom is -0.478 e. The molecule has 1 aromatic carbocycles. The molecule has 3 nitrogen and oxygen atoms in total. The molecule has 2 rings (SSSR count). The fourth-order valence-corrected chi connectivity index (χ4v) is 2.95. The molecule has 0 radical (unpaired) electrons. The molecule has 1 saturated heterocycles. The Kier molecular flexibility index (Phi) is 4.83. The second-order valence-electron chi connectivity index (χ2n) is 5.09. The molecule has 0 aliphatic carbocycles. The number of benzene rings is 1. The molecule has 0 saturated carbocycles. The first-order valence-corrected chi connectivity index (χ1v) is 7.26. The molecule has 1 aliphatic heterocycles. The largest absolute Gasteiger partial charge is 0.478 e. The number of halogens is 1. The predicted octanol–water partition coefficient (Wildman–Crippen LogP) is 3.59. The second kappa shape index (κ2) is 6.40. The van der Waals surface area contributed by atoms with Crippen LogP contribution in [0.4, 0.5) is 0 Å². The Morgan fingerprint density at radius 3 is 2.58 bits per heavy atom. The number of aryl methyl sites for hydroxylation is 1. The highest BCUT2D eigenvalue weighted by Crippen LogP contribution is 2.26. The number of carboxylic acid groups (broad SMARTS) is 1. The van der Waals surface area contributed by atoms with Crippen LogP contribution in [-0.2, 0) is 13.0 Å². The number of carboxylic acids is 1. The molecule has 104 valence electrons. The topological polar surface area (TPSA) is 40.5 Å². The summed E-state index contributed by atoms with van der Waals surface area (Å²) >= 11 is 6.29. The van der Waals surface area contributed by atoms with Gasteiger partial charge in [-0.1, -0.05) is 24.9 Å². The van der Waals surface area contributed by atoms with Gasteiger partial charge in [-0.05, 0) is 55.6 Å². The maximum atomic E-state index is 11.1. The number of hydrogen-bond acceptors (Lipinski definition) is 2. The smallest absolute Gasteiger partial charge is 0.335 e. The van der Waals surface area contributed by atoms with Gasteiger partial charge in [0.05, 0.1) is 5.56 Å². The van der Waals surface area contributed by atoms with E-state index in [2.05, 4.69) is 4.90 Å². The Hall–Kier alpha value is -1.06. The van der Waals surface area contributed by atoms with Gasteiger partial charge in [-0.3, -0.25) is 4.90 Å². The van der Waals surface area contributed by atoms with Gasteiger partial charge in [-0.25, -0.2) is 4.79 Å². The summed E-state index contributed by atoms with van der Waals surface area (Å²) in [5, 5.41) is 9.66. The average Bonchev–Trinajstić information content (AvgIpc) is 2.41. The Morgan fingerprint density at radius 1 is 1.32 bits per heavy atom. The van der Waals surface area contributed by atoms with Crippen LogP contribution in [-0.4, -0.2) is 29.1 Å². The summed E-state index contributed by atoms with van der Waals surface area (Å²) in [6.45, 7) is 5.10. The van der Waals surface area contributed by atoms with Crippen molar-refractivity contribution in [2.45, 2.75) is 39.2 Å². The maximum absolute atomic E-state index is 11.1. The van der Waals surface area contributed by atoms with Crippen LogP contribution in [0.25, 0.3) is 0 Å². The van der Waals surface area contributed by atoms with Gasteiger partial charge in [0.1, 0.15) is 0 Å². The first kappa shape index (κ1) is 14.4. The van der Waals surface area contributed by atoms with Crippen molar-refractivity contribution in [1.29, 1.82) is 0 Å². The third-order valence-electron chi connectivity index (χ3n) is 3.75. The van der Waals surface area contributed by atoms with Crippen LogP contribution in [0.3, 0.4) is 0 Å². The third kappa shape index (κ3) is 3.48. The quantitative estimate of drug-likeness (QED) is 0.917. The van der Waals surface area contributed by atoms with Crippen molar-refractivity contribution in [3.63, 3.8) is 0 Å². The SMILES string of the molecule is CCc1cc(C(=O)O)cc(Cl)c1CN1CCCCC1. The summed E-state index contributed by atoms with van der Waals surface area (Å²) in [7, 11) is 0. The molecule has 0 spiro atoms. The second-order valence-corrected chi connectivity index (χ2v) is 5.50. The van der Waals surface area contributed by atoms with E-state index in [1.54, 1.807) is 12.1 Å². The van der Waals surface area contributed by atoms with Crippen LogP contribution < -0.4 is 0 Å². The maximum Gasteiger partial charge on any atom is 0.335 e. The van der Waals surface area contributed by atoms with Gasteiger partial charge in [0.2, 0.25) is 0 Å². The zero-order valence-electron chi connectivity index (χ0n) is 11.3. The lowest BCUT2D eigenvalue weighted by Crippen LogP contribution is -2.29. The van der Waals surface area contributed by atoms with Gasteiger partial charge >= 0.3 is 5.97 Å². The minimum absolute atomic E-state index is 0.282. The van der Waals surface area contributed by atoms with Gasteiger partial charge in [-0.2, -0.15) is 0 Å². The molecule has 1 aromatic rings. The van der Waals surface area contributed by atoms with Gasteiger partial charge in [0.15, 0.2) is 0 Å². The minimum atomic E-state index is -0.916. The zero-order chi connectivity index (χ0) is 13.8. The fourth-order valence-electron chi connectivity index (χ4n) is 2.65. The van der Waals surface area contributed by atoms with E-state index in [4.69, 9.17) is 16.7 Å². The molecule has 0 amide bonds. The highest BCUT2D eigenvalue weighted by Gasteiger charge is 2.16. The summed E-state index contributed by atoms with van der Waals surface area (Å²) in [6, 6.07) is 3.33. The number of likely N-dealkylation sites (tertiary alicyclic amines) is 1. The van der Waals surface area contributed by atoms with Crippen LogP contribution in [0.5, 0.6) is 0 Å². The fraction of sp³-hybridized carbons (Fsp3) is 0.533. The van der Waals surface area contributed by atoms with Gasteiger partial charge in [0, 0.05) is 11.6 Å². The molecule has 1 fully saturated rings. The van der Waals surface area contributed by atoms with Crippen LogP contribution in [0.15, 0.2) is 12.1 Å². The highest BCUT2D eigenvalue weighted by molar-refractivity contribution is 6.31. The lowest BCUT2D eigenvalue weighted by molar-refractivity contribution is 0.0696. The zero-order valence-corrected chi connectivity index (χ0v) is 12.0. The number of rotatable bonds is 4. The summed E-state index contributed by atoms with van der Waals surface area (Å²) in [5.74, 6) is -0.916. The Morgan fingerprint density at radius 2 is 2.00 bits per heavy atom. The molecular weight excluding hydrogens is 262 g/mol. The number of nitrogens with zero attached hydrogens (tertiary/aromatic N) is 1.